The van der Waals surface area contributed by atoms with Crippen molar-refractivity contribution in [2.75, 3.05) is 19.7 Å². The molecule has 1 amide bonds. The number of aromatic nitrogens is 2. The molecule has 3 saturated carbocycles. The first kappa shape index (κ1) is 20.0. The minimum atomic E-state index is -3.23. The van der Waals surface area contributed by atoms with Crippen LogP contribution in [-0.4, -0.2) is 75.4 Å². The first-order valence-corrected chi connectivity index (χ1v) is 12.3. The van der Waals surface area contributed by atoms with Crippen LogP contribution in [0.4, 0.5) is 0 Å². The molecule has 1 aromatic rings. The van der Waals surface area contributed by atoms with E-state index < -0.39 is 26.2 Å². The number of aliphatic hydroxyl groups is 1. The highest BCUT2D eigenvalue weighted by molar-refractivity contribution is 7.94. The van der Waals surface area contributed by atoms with E-state index in [9.17, 15) is 23.1 Å². The van der Waals surface area contributed by atoms with Crippen molar-refractivity contribution in [1.82, 2.24) is 14.7 Å². The Labute approximate surface area is 175 Å². The second-order valence-electron chi connectivity index (χ2n) is 9.18. The Balaban J connectivity index is 1.45. The van der Waals surface area contributed by atoms with Crippen LogP contribution in [0.3, 0.4) is 0 Å². The second kappa shape index (κ2) is 6.53. The molecule has 9 nitrogen and oxygen atoms in total. The van der Waals surface area contributed by atoms with Gasteiger partial charge >= 0.3 is 5.97 Å². The maximum atomic E-state index is 13.4. The summed E-state index contributed by atoms with van der Waals surface area (Å²) >= 11 is 0. The molecule has 0 aromatic carbocycles. The first-order chi connectivity index (χ1) is 14.2. The fraction of sp³-hybridized carbons (Fsp3) is 0.750. The van der Waals surface area contributed by atoms with Crippen molar-refractivity contribution >= 4 is 21.7 Å². The van der Waals surface area contributed by atoms with Gasteiger partial charge in [-0.25, -0.2) is 13.2 Å². The Morgan fingerprint density at radius 1 is 1.23 bits per heavy atom. The third kappa shape index (κ3) is 3.15. The summed E-state index contributed by atoms with van der Waals surface area (Å²) in [6.45, 7) is 2.58. The summed E-state index contributed by atoms with van der Waals surface area (Å²) in [4.78, 5) is 27.4. The molecule has 164 valence electrons. The summed E-state index contributed by atoms with van der Waals surface area (Å²) in [5.74, 6) is -0.896. The van der Waals surface area contributed by atoms with Gasteiger partial charge in [-0.3, -0.25) is 9.48 Å². The van der Waals surface area contributed by atoms with Gasteiger partial charge < -0.3 is 14.7 Å². The maximum absolute atomic E-state index is 13.4. The Kier molecular flexibility index (Phi) is 4.35. The molecule has 1 aliphatic heterocycles. The molecule has 0 spiro atoms. The highest BCUT2D eigenvalue weighted by Crippen LogP contribution is 2.51. The highest BCUT2D eigenvalue weighted by atomic mass is 32.2. The average molecular weight is 438 g/mol. The SMILES string of the molecule is CCOC(=O)c1nn(CC2(O)CC2)c2c1CCN(CC1(S(=O)(=O)C3CC3)CC1)C2=O. The molecule has 0 unspecified atom stereocenters. The number of hydrogen-bond donors (Lipinski definition) is 1. The van der Waals surface area contributed by atoms with Crippen LogP contribution in [0.25, 0.3) is 0 Å². The minimum absolute atomic E-state index is 0.121. The maximum Gasteiger partial charge on any atom is 0.359 e. The number of amides is 1. The summed E-state index contributed by atoms with van der Waals surface area (Å²) in [5, 5.41) is 14.5. The lowest BCUT2D eigenvalue weighted by Gasteiger charge is -2.31. The number of nitrogens with zero attached hydrogens (tertiary/aromatic N) is 3. The number of rotatable bonds is 8. The molecule has 10 heteroatoms. The molecule has 4 aliphatic rings. The van der Waals surface area contributed by atoms with Crippen LogP contribution in [0, 0.1) is 0 Å². The number of carbonyl (C=O) groups is 2. The molecule has 30 heavy (non-hydrogen) atoms. The lowest BCUT2D eigenvalue weighted by molar-refractivity contribution is 0.0515. The Morgan fingerprint density at radius 3 is 2.50 bits per heavy atom. The summed E-state index contributed by atoms with van der Waals surface area (Å²) < 4.78 is 31.5. The van der Waals surface area contributed by atoms with Gasteiger partial charge in [-0.2, -0.15) is 5.10 Å². The average Bonchev–Trinajstić information content (AvgIpc) is 3.55. The monoisotopic (exact) mass is 437 g/mol. The number of sulfone groups is 1. The summed E-state index contributed by atoms with van der Waals surface area (Å²) in [6.07, 6.45) is 4.28. The zero-order valence-corrected chi connectivity index (χ0v) is 17.9. The van der Waals surface area contributed by atoms with E-state index in [-0.39, 0.29) is 42.2 Å². The zero-order valence-electron chi connectivity index (χ0n) is 17.1. The summed E-state index contributed by atoms with van der Waals surface area (Å²) in [7, 11) is -3.23. The smallest absolute Gasteiger partial charge is 0.359 e. The third-order valence-corrected chi connectivity index (χ3v) is 9.86. The molecule has 3 fully saturated rings. The predicted molar refractivity (Wildman–Crippen MR) is 106 cm³/mol. The number of carbonyl (C=O) groups excluding carboxylic acids is 2. The van der Waals surface area contributed by atoms with Crippen molar-refractivity contribution in [3.05, 3.63) is 17.0 Å². The lowest BCUT2D eigenvalue weighted by Crippen LogP contribution is -2.47. The number of hydrogen-bond acceptors (Lipinski definition) is 7. The Morgan fingerprint density at radius 2 is 1.93 bits per heavy atom. The van der Waals surface area contributed by atoms with Crippen molar-refractivity contribution in [3.8, 4) is 0 Å². The van der Waals surface area contributed by atoms with E-state index in [1.54, 1.807) is 11.8 Å². The van der Waals surface area contributed by atoms with Crippen LogP contribution in [0.2, 0.25) is 0 Å². The zero-order chi connectivity index (χ0) is 21.3. The first-order valence-electron chi connectivity index (χ1n) is 10.7. The fourth-order valence-electron chi connectivity index (χ4n) is 4.44. The van der Waals surface area contributed by atoms with Gasteiger partial charge in [0.2, 0.25) is 0 Å². The van der Waals surface area contributed by atoms with Crippen LogP contribution in [0.1, 0.15) is 72.0 Å². The van der Waals surface area contributed by atoms with Gasteiger partial charge in [0.1, 0.15) is 5.69 Å². The third-order valence-electron chi connectivity index (χ3n) is 6.77. The molecule has 1 aromatic heterocycles. The van der Waals surface area contributed by atoms with Gasteiger partial charge in [0.05, 0.1) is 28.7 Å². The summed E-state index contributed by atoms with van der Waals surface area (Å²) in [6, 6.07) is 0. The van der Waals surface area contributed by atoms with E-state index in [0.717, 1.165) is 12.8 Å². The van der Waals surface area contributed by atoms with Crippen LogP contribution in [0.5, 0.6) is 0 Å². The van der Waals surface area contributed by atoms with Crippen LogP contribution >= 0.6 is 0 Å². The van der Waals surface area contributed by atoms with Gasteiger partial charge in [-0.1, -0.05) is 0 Å². The number of esters is 1. The molecule has 0 bridgehead atoms. The second-order valence-corrected chi connectivity index (χ2v) is 11.8. The molecule has 0 radical (unpaired) electrons. The standard InChI is InChI=1S/C20H27N3O6S/c1-2-29-18(25)15-14-5-10-22(12-20(8-9-20)30(27,28)13-3-4-13)17(24)16(14)23(21-15)11-19(26)6-7-19/h13,26H,2-12H2,1H3. The van der Waals surface area contributed by atoms with Gasteiger partial charge in [0, 0.05) is 18.7 Å². The van der Waals surface area contributed by atoms with Crippen molar-refractivity contribution in [3.63, 3.8) is 0 Å². The largest absolute Gasteiger partial charge is 0.461 e. The van der Waals surface area contributed by atoms with E-state index in [2.05, 4.69) is 5.10 Å². The minimum Gasteiger partial charge on any atom is -0.461 e. The molecular formula is C20H27N3O6S. The normalized spacial score (nSPS) is 23.8. The lowest BCUT2D eigenvalue weighted by atomic mass is 10.0. The molecule has 2 heterocycles. The quantitative estimate of drug-likeness (QED) is 0.595. The number of ether oxygens (including phenoxy) is 1. The Bertz CT molecular complexity index is 1020. The molecule has 0 saturated heterocycles. The van der Waals surface area contributed by atoms with Crippen LogP contribution in [-0.2, 0) is 27.5 Å². The molecule has 5 rings (SSSR count). The van der Waals surface area contributed by atoms with Gasteiger partial charge in [0.15, 0.2) is 15.5 Å². The van der Waals surface area contributed by atoms with Crippen molar-refractivity contribution in [2.24, 2.45) is 0 Å². The topological polar surface area (TPSA) is 119 Å². The van der Waals surface area contributed by atoms with E-state index >= 15 is 0 Å². The van der Waals surface area contributed by atoms with E-state index in [4.69, 9.17) is 4.74 Å². The highest BCUT2D eigenvalue weighted by Gasteiger charge is 2.60. The van der Waals surface area contributed by atoms with E-state index in [1.807, 2.05) is 0 Å². The molecular weight excluding hydrogens is 410 g/mol. The van der Waals surface area contributed by atoms with Crippen LogP contribution < -0.4 is 0 Å². The Hall–Kier alpha value is -1.94. The number of fused-ring (bicyclic) bond motifs is 1. The van der Waals surface area contributed by atoms with E-state index in [1.165, 1.54) is 4.68 Å². The van der Waals surface area contributed by atoms with Crippen LogP contribution in [0.15, 0.2) is 0 Å². The van der Waals surface area contributed by atoms with Gasteiger partial charge in [0.25, 0.3) is 5.91 Å². The molecule has 1 N–H and O–H groups in total. The van der Waals surface area contributed by atoms with Crippen molar-refractivity contribution in [2.45, 2.75) is 74.0 Å². The summed E-state index contributed by atoms with van der Waals surface area (Å²) in [5.41, 5.74) is 0.0373. The van der Waals surface area contributed by atoms with Gasteiger partial charge in [-0.15, -0.1) is 0 Å². The van der Waals surface area contributed by atoms with Crippen molar-refractivity contribution < 1.29 is 27.9 Å². The van der Waals surface area contributed by atoms with E-state index in [0.29, 0.717) is 44.2 Å². The molecule has 3 aliphatic carbocycles. The van der Waals surface area contributed by atoms with Crippen molar-refractivity contribution in [1.29, 1.82) is 0 Å². The fourth-order valence-corrected chi connectivity index (χ4v) is 6.91. The molecule has 0 atom stereocenters. The predicted octanol–water partition coefficient (Wildman–Crippen LogP) is 0.693. The van der Waals surface area contributed by atoms with Gasteiger partial charge in [-0.05, 0) is 51.9 Å².